The van der Waals surface area contributed by atoms with E-state index >= 15 is 0 Å². The highest BCUT2D eigenvalue weighted by molar-refractivity contribution is 9.10. The molecule has 0 radical (unpaired) electrons. The third-order valence-corrected chi connectivity index (χ3v) is 6.73. The molecule has 0 atom stereocenters. The predicted octanol–water partition coefficient (Wildman–Crippen LogP) is 3.23. The molecule has 0 bridgehead atoms. The number of rotatable bonds is 9. The second-order valence-electron chi connectivity index (χ2n) is 6.58. The summed E-state index contributed by atoms with van der Waals surface area (Å²) >= 11 is 3.30. The Morgan fingerprint density at radius 2 is 1.74 bits per heavy atom. The van der Waals surface area contributed by atoms with Crippen molar-refractivity contribution in [1.29, 1.82) is 0 Å². The van der Waals surface area contributed by atoms with E-state index in [1.54, 1.807) is 36.5 Å². The number of sulfonamides is 1. The van der Waals surface area contributed by atoms with Crippen molar-refractivity contribution >= 4 is 38.1 Å². The third kappa shape index (κ3) is 6.81. The van der Waals surface area contributed by atoms with Gasteiger partial charge in [-0.25, -0.2) is 13.8 Å². The van der Waals surface area contributed by atoms with Gasteiger partial charge < -0.3 is 0 Å². The van der Waals surface area contributed by atoms with E-state index in [0.29, 0.717) is 12.1 Å². The molecule has 3 rings (SSSR count). The number of aromatic nitrogens is 1. The molecule has 1 N–H and O–H groups in total. The third-order valence-electron chi connectivity index (χ3n) is 4.34. The van der Waals surface area contributed by atoms with Crippen LogP contribution in [0.25, 0.3) is 0 Å². The Balaban J connectivity index is 1.73. The molecule has 1 heterocycles. The minimum absolute atomic E-state index is 0.119. The smallest absolute Gasteiger partial charge is 0.255 e. The van der Waals surface area contributed by atoms with Gasteiger partial charge in [0.1, 0.15) is 0 Å². The summed E-state index contributed by atoms with van der Waals surface area (Å²) in [6.07, 6.45) is 3.48. The fourth-order valence-electron chi connectivity index (χ4n) is 2.76. The molecule has 1 aromatic heterocycles. The van der Waals surface area contributed by atoms with Gasteiger partial charge in [-0.2, -0.15) is 9.41 Å². The topological polar surface area (TPSA) is 91.7 Å². The molecule has 0 aliphatic carbocycles. The van der Waals surface area contributed by atoms with Crippen molar-refractivity contribution in [1.82, 2.24) is 14.7 Å². The first kappa shape index (κ1) is 22.8. The second kappa shape index (κ2) is 10.9. The minimum Gasteiger partial charge on any atom is -0.272 e. The summed E-state index contributed by atoms with van der Waals surface area (Å²) in [6, 6.07) is 21.1. The molecule has 0 unspecified atom stereocenters. The number of hydrogen-bond donors (Lipinski definition) is 1. The standard InChI is InChI=1S/C22H21BrN4O3S/c23-19-9-11-21(12-10-19)31(29,30)27(15-13-18-6-2-1-3-7-18)17-22(28)26-25-16-20-8-4-5-14-24-20/h1-12,14,16H,13,15,17H2,(H,26,28)/b25-16-. The maximum atomic E-state index is 13.2. The number of pyridine rings is 1. The second-order valence-corrected chi connectivity index (χ2v) is 9.43. The number of hydrogen-bond acceptors (Lipinski definition) is 5. The quantitative estimate of drug-likeness (QED) is 0.360. The van der Waals surface area contributed by atoms with E-state index in [0.717, 1.165) is 14.3 Å². The zero-order valence-electron chi connectivity index (χ0n) is 16.6. The molecule has 9 heteroatoms. The van der Waals surface area contributed by atoms with Gasteiger partial charge in [0, 0.05) is 17.2 Å². The molecule has 0 spiro atoms. The van der Waals surface area contributed by atoms with E-state index in [9.17, 15) is 13.2 Å². The first-order valence-electron chi connectivity index (χ1n) is 9.48. The largest absolute Gasteiger partial charge is 0.272 e. The van der Waals surface area contributed by atoms with E-state index in [2.05, 4.69) is 31.4 Å². The van der Waals surface area contributed by atoms with Gasteiger partial charge in [-0.15, -0.1) is 0 Å². The maximum absolute atomic E-state index is 13.2. The van der Waals surface area contributed by atoms with Gasteiger partial charge in [-0.05, 0) is 48.4 Å². The first-order chi connectivity index (χ1) is 14.9. The molecule has 0 saturated carbocycles. The van der Waals surface area contributed by atoms with E-state index < -0.39 is 15.9 Å². The van der Waals surface area contributed by atoms with Gasteiger partial charge in [0.15, 0.2) is 0 Å². The van der Waals surface area contributed by atoms with Gasteiger partial charge in [0.25, 0.3) is 5.91 Å². The predicted molar refractivity (Wildman–Crippen MR) is 123 cm³/mol. The number of nitrogens with zero attached hydrogens (tertiary/aromatic N) is 3. The van der Waals surface area contributed by atoms with Crippen LogP contribution < -0.4 is 5.43 Å². The van der Waals surface area contributed by atoms with Crippen molar-refractivity contribution in [3.63, 3.8) is 0 Å². The minimum atomic E-state index is -3.87. The molecule has 160 valence electrons. The number of amides is 1. The molecule has 0 saturated heterocycles. The first-order valence-corrected chi connectivity index (χ1v) is 11.7. The molecule has 1 amide bonds. The molecule has 2 aromatic carbocycles. The summed E-state index contributed by atoms with van der Waals surface area (Å²) in [5, 5.41) is 3.86. The Morgan fingerprint density at radius 3 is 2.42 bits per heavy atom. The molecular weight excluding hydrogens is 480 g/mol. The van der Waals surface area contributed by atoms with Crippen LogP contribution in [0, 0.1) is 0 Å². The van der Waals surface area contributed by atoms with Crippen LogP contribution in [-0.2, 0) is 21.2 Å². The van der Waals surface area contributed by atoms with Crippen molar-refractivity contribution in [3.05, 3.63) is 94.7 Å². The lowest BCUT2D eigenvalue weighted by molar-refractivity contribution is -0.121. The van der Waals surface area contributed by atoms with Crippen molar-refractivity contribution in [3.8, 4) is 0 Å². The van der Waals surface area contributed by atoms with E-state index in [-0.39, 0.29) is 18.0 Å². The van der Waals surface area contributed by atoms with Gasteiger partial charge in [-0.1, -0.05) is 52.3 Å². The SMILES string of the molecule is O=C(CN(CCc1ccccc1)S(=O)(=O)c1ccc(Br)cc1)N/N=C\c1ccccn1. The van der Waals surface area contributed by atoms with E-state index in [4.69, 9.17) is 0 Å². The fourth-order valence-corrected chi connectivity index (χ4v) is 4.42. The molecule has 0 aliphatic heterocycles. The maximum Gasteiger partial charge on any atom is 0.255 e. The van der Waals surface area contributed by atoms with Crippen molar-refractivity contribution < 1.29 is 13.2 Å². The zero-order chi connectivity index (χ0) is 22.1. The molecule has 31 heavy (non-hydrogen) atoms. The van der Waals surface area contributed by atoms with Crippen LogP contribution in [0.2, 0.25) is 0 Å². The summed E-state index contributed by atoms with van der Waals surface area (Å²) in [5.41, 5.74) is 3.92. The van der Waals surface area contributed by atoms with Crippen LogP contribution in [0.5, 0.6) is 0 Å². The lowest BCUT2D eigenvalue weighted by Gasteiger charge is -2.21. The average molecular weight is 501 g/mol. The van der Waals surface area contributed by atoms with Gasteiger partial charge in [0.2, 0.25) is 10.0 Å². The zero-order valence-corrected chi connectivity index (χ0v) is 19.0. The van der Waals surface area contributed by atoms with Crippen LogP contribution in [-0.4, -0.2) is 42.9 Å². The van der Waals surface area contributed by atoms with Gasteiger partial charge >= 0.3 is 0 Å². The fraction of sp³-hybridized carbons (Fsp3) is 0.136. The molecule has 0 fully saturated rings. The highest BCUT2D eigenvalue weighted by Gasteiger charge is 2.26. The number of nitrogens with one attached hydrogen (secondary N) is 1. The normalized spacial score (nSPS) is 11.7. The van der Waals surface area contributed by atoms with Crippen LogP contribution in [0.1, 0.15) is 11.3 Å². The monoisotopic (exact) mass is 500 g/mol. The van der Waals surface area contributed by atoms with Crippen molar-refractivity contribution in [2.45, 2.75) is 11.3 Å². The van der Waals surface area contributed by atoms with Crippen LogP contribution in [0.3, 0.4) is 0 Å². The van der Waals surface area contributed by atoms with E-state index in [1.165, 1.54) is 18.3 Å². The Bertz CT molecular complexity index is 1120. The number of hydrazone groups is 1. The van der Waals surface area contributed by atoms with Crippen LogP contribution >= 0.6 is 15.9 Å². The van der Waals surface area contributed by atoms with Crippen LogP contribution in [0.4, 0.5) is 0 Å². The molecule has 7 nitrogen and oxygen atoms in total. The summed E-state index contributed by atoms with van der Waals surface area (Å²) in [4.78, 5) is 16.6. The number of benzene rings is 2. The van der Waals surface area contributed by atoms with Crippen LogP contribution in [0.15, 0.2) is 93.5 Å². The summed E-state index contributed by atoms with van der Waals surface area (Å²) < 4.78 is 28.3. The Kier molecular flexibility index (Phi) is 8.05. The number of carbonyl (C=O) groups excluding carboxylic acids is 1. The Labute approximate surface area is 190 Å². The highest BCUT2D eigenvalue weighted by Crippen LogP contribution is 2.19. The van der Waals surface area contributed by atoms with Gasteiger partial charge in [-0.3, -0.25) is 9.78 Å². The van der Waals surface area contributed by atoms with Crippen molar-refractivity contribution in [2.24, 2.45) is 5.10 Å². The summed E-state index contributed by atoms with van der Waals surface area (Å²) in [6.45, 7) is -0.204. The highest BCUT2D eigenvalue weighted by atomic mass is 79.9. The number of carbonyl (C=O) groups is 1. The molecule has 3 aromatic rings. The lowest BCUT2D eigenvalue weighted by Crippen LogP contribution is -2.40. The Morgan fingerprint density at radius 1 is 1.03 bits per heavy atom. The van der Waals surface area contributed by atoms with Crippen molar-refractivity contribution in [2.75, 3.05) is 13.1 Å². The molecular formula is C22H21BrN4O3S. The van der Waals surface area contributed by atoms with Gasteiger partial charge in [0.05, 0.1) is 23.3 Å². The summed E-state index contributed by atoms with van der Waals surface area (Å²) in [5.74, 6) is -0.541. The molecule has 0 aliphatic rings. The summed E-state index contributed by atoms with van der Waals surface area (Å²) in [7, 11) is -3.87. The Hall–Kier alpha value is -2.88. The lowest BCUT2D eigenvalue weighted by atomic mass is 10.1. The average Bonchev–Trinajstić information content (AvgIpc) is 2.78. The van der Waals surface area contributed by atoms with E-state index in [1.807, 2.05) is 30.3 Å². The number of halogens is 1.